The first-order valence-corrected chi connectivity index (χ1v) is 16.5. The Bertz CT molecular complexity index is 1680. The van der Waals surface area contributed by atoms with Crippen LogP contribution in [-0.4, -0.2) is 85.1 Å². The second-order valence-electron chi connectivity index (χ2n) is 13.9. The number of nitrogens with zero attached hydrogens (tertiary/aromatic N) is 7. The maximum absolute atomic E-state index is 14.7. The number of anilines is 1. The number of amides is 2. The third-order valence-electron chi connectivity index (χ3n) is 9.95. The number of nitrogens with one attached hydrogen (secondary N) is 2. The van der Waals surface area contributed by atoms with Crippen LogP contribution in [0.15, 0.2) is 18.5 Å². The molecule has 0 spiro atoms. The molecule has 5 aliphatic rings. The molecule has 3 aromatic heterocycles. The first-order valence-electron chi connectivity index (χ1n) is 16.5. The van der Waals surface area contributed by atoms with E-state index in [1.54, 1.807) is 10.7 Å². The second-order valence-corrected chi connectivity index (χ2v) is 13.9. The van der Waals surface area contributed by atoms with E-state index in [-0.39, 0.29) is 61.1 Å². The average molecular weight is 680 g/mol. The molecule has 0 aromatic carbocycles. The summed E-state index contributed by atoms with van der Waals surface area (Å²) < 4.78 is 79.0. The molecule has 0 radical (unpaired) electrons. The van der Waals surface area contributed by atoms with Crippen molar-refractivity contribution >= 4 is 23.4 Å². The molecule has 48 heavy (non-hydrogen) atoms. The highest BCUT2D eigenvalue weighted by molar-refractivity contribution is 5.92. The maximum Gasteiger partial charge on any atom is 0.393 e. The lowest BCUT2D eigenvalue weighted by Gasteiger charge is -2.47. The average Bonchev–Trinajstić information content (AvgIpc) is 3.67. The molecule has 4 saturated heterocycles. The molecule has 7 heterocycles. The van der Waals surface area contributed by atoms with Gasteiger partial charge in [0.1, 0.15) is 11.4 Å². The highest BCUT2D eigenvalue weighted by Gasteiger charge is 2.46. The number of rotatable bonds is 8. The minimum absolute atomic E-state index is 0.0237. The quantitative estimate of drug-likeness (QED) is 0.342. The van der Waals surface area contributed by atoms with E-state index >= 15 is 0 Å². The molecule has 12 nitrogen and oxygen atoms in total. The number of fused-ring (bicyclic) bond motifs is 3. The van der Waals surface area contributed by atoms with Gasteiger partial charge in [-0.3, -0.25) is 14.3 Å². The molecule has 2 N–H and O–H groups in total. The Kier molecular flexibility index (Phi) is 8.31. The third-order valence-corrected chi connectivity index (χ3v) is 9.95. The van der Waals surface area contributed by atoms with Crippen LogP contribution in [0.2, 0.25) is 0 Å². The van der Waals surface area contributed by atoms with Crippen molar-refractivity contribution in [2.24, 2.45) is 17.8 Å². The minimum atomic E-state index is -4.46. The van der Waals surface area contributed by atoms with Gasteiger partial charge >= 0.3 is 6.18 Å². The van der Waals surface area contributed by atoms with Gasteiger partial charge in [-0.25, -0.2) is 18.3 Å². The molecule has 2 amide bonds. The van der Waals surface area contributed by atoms with E-state index in [0.717, 1.165) is 6.42 Å². The van der Waals surface area contributed by atoms with E-state index in [1.165, 1.54) is 16.9 Å². The van der Waals surface area contributed by atoms with Gasteiger partial charge in [-0.15, -0.1) is 0 Å². The normalized spacial score (nSPS) is 27.9. The number of halogens is 5. The Morgan fingerprint density at radius 2 is 1.94 bits per heavy atom. The van der Waals surface area contributed by atoms with E-state index < -0.39 is 60.7 Å². The van der Waals surface area contributed by atoms with Crippen LogP contribution in [0, 0.1) is 17.8 Å². The molecule has 3 aromatic rings. The lowest BCUT2D eigenvalue weighted by Crippen LogP contribution is -2.57. The summed E-state index contributed by atoms with van der Waals surface area (Å²) in [5.74, 6) is -6.67. The summed E-state index contributed by atoms with van der Waals surface area (Å²) in [4.78, 5) is 37.8. The fourth-order valence-electron chi connectivity index (χ4n) is 7.54. The highest BCUT2D eigenvalue weighted by atomic mass is 19.4. The summed E-state index contributed by atoms with van der Waals surface area (Å²) in [5, 5.41) is 14.3. The number of imidazole rings is 1. The molecule has 6 unspecified atom stereocenters. The number of carbonyl (C=O) groups excluding carboxylic acids is 2. The van der Waals surface area contributed by atoms with E-state index in [4.69, 9.17) is 14.8 Å². The van der Waals surface area contributed by atoms with Gasteiger partial charge in [0.05, 0.1) is 36.1 Å². The van der Waals surface area contributed by atoms with Crippen molar-refractivity contribution in [3.8, 4) is 0 Å². The van der Waals surface area contributed by atoms with Crippen LogP contribution in [0.3, 0.4) is 0 Å². The zero-order chi connectivity index (χ0) is 34.0. The first kappa shape index (κ1) is 32.6. The van der Waals surface area contributed by atoms with Crippen LogP contribution in [0.4, 0.5) is 27.8 Å². The van der Waals surface area contributed by atoms with Gasteiger partial charge < -0.3 is 20.3 Å². The Morgan fingerprint density at radius 1 is 1.19 bits per heavy atom. The number of ether oxygens (including phenoxy) is 1. The van der Waals surface area contributed by atoms with Crippen LogP contribution >= 0.6 is 0 Å². The van der Waals surface area contributed by atoms with Crippen molar-refractivity contribution in [2.45, 2.75) is 95.2 Å². The van der Waals surface area contributed by atoms with Crippen molar-refractivity contribution < 1.29 is 36.3 Å². The minimum Gasteiger partial charge on any atom is -0.371 e. The molecule has 1 saturated carbocycles. The molecule has 8 rings (SSSR count). The van der Waals surface area contributed by atoms with E-state index in [1.807, 2.05) is 18.7 Å². The molecule has 6 atom stereocenters. The summed E-state index contributed by atoms with van der Waals surface area (Å²) in [6.07, 6.45) is -1.06. The topological polar surface area (TPSA) is 132 Å². The second kappa shape index (κ2) is 12.2. The van der Waals surface area contributed by atoms with Crippen LogP contribution in [0.5, 0.6) is 0 Å². The van der Waals surface area contributed by atoms with Gasteiger partial charge in [-0.05, 0) is 45.1 Å². The van der Waals surface area contributed by atoms with Crippen molar-refractivity contribution in [3.05, 3.63) is 35.5 Å². The smallest absolute Gasteiger partial charge is 0.371 e. The van der Waals surface area contributed by atoms with Gasteiger partial charge in [0.15, 0.2) is 5.82 Å². The number of hydrogen-bond donors (Lipinski definition) is 2. The summed E-state index contributed by atoms with van der Waals surface area (Å²) in [7, 11) is 0. The number of aromatic nitrogens is 6. The number of hydrogen-bond acceptors (Lipinski definition) is 8. The van der Waals surface area contributed by atoms with Crippen LogP contribution < -0.4 is 15.5 Å². The maximum atomic E-state index is 14.7. The fraction of sp³-hybridized carbons (Fsp3) is 0.677. The number of morpholine rings is 1. The van der Waals surface area contributed by atoms with Gasteiger partial charge in [0.25, 0.3) is 11.7 Å². The molecular weight excluding hydrogens is 641 g/mol. The monoisotopic (exact) mass is 679 g/mol. The largest absolute Gasteiger partial charge is 0.393 e. The molecule has 17 heteroatoms. The van der Waals surface area contributed by atoms with Crippen LogP contribution in [-0.2, 0) is 16.0 Å². The number of alkyl halides is 5. The third kappa shape index (κ3) is 6.44. The Balaban J connectivity index is 1.25. The first-order chi connectivity index (χ1) is 22.7. The molecule has 4 aliphatic heterocycles. The van der Waals surface area contributed by atoms with Crippen molar-refractivity contribution in [1.82, 2.24) is 40.0 Å². The summed E-state index contributed by atoms with van der Waals surface area (Å²) in [6.45, 7) is 4.25. The zero-order valence-electron chi connectivity index (χ0n) is 26.6. The Hall–Kier alpha value is -3.89. The zero-order valence-corrected chi connectivity index (χ0v) is 26.6. The van der Waals surface area contributed by atoms with Crippen molar-refractivity contribution in [2.75, 3.05) is 24.5 Å². The molecule has 2 bridgehead atoms. The van der Waals surface area contributed by atoms with Gasteiger partial charge in [-0.2, -0.15) is 28.4 Å². The predicted molar refractivity (Wildman–Crippen MR) is 160 cm³/mol. The van der Waals surface area contributed by atoms with Crippen molar-refractivity contribution in [3.63, 3.8) is 0 Å². The summed E-state index contributed by atoms with van der Waals surface area (Å²) in [5.41, 5.74) is 0.874. The van der Waals surface area contributed by atoms with Gasteiger partial charge in [0.2, 0.25) is 11.8 Å². The Labute approximate surface area is 272 Å². The highest BCUT2D eigenvalue weighted by Crippen LogP contribution is 2.42. The summed E-state index contributed by atoms with van der Waals surface area (Å²) in [6, 6.07) is 0.523. The lowest BCUT2D eigenvalue weighted by molar-refractivity contribution is -0.183. The molecule has 1 aliphatic carbocycles. The lowest BCUT2D eigenvalue weighted by atomic mass is 9.80. The van der Waals surface area contributed by atoms with Crippen LogP contribution in [0.25, 0.3) is 5.78 Å². The predicted octanol–water partition coefficient (Wildman–Crippen LogP) is 4.03. The van der Waals surface area contributed by atoms with Crippen LogP contribution in [0.1, 0.15) is 86.3 Å². The fourth-order valence-corrected chi connectivity index (χ4v) is 7.54. The summed E-state index contributed by atoms with van der Waals surface area (Å²) >= 11 is 0. The van der Waals surface area contributed by atoms with Gasteiger partial charge in [0, 0.05) is 63.5 Å². The van der Waals surface area contributed by atoms with E-state index in [2.05, 4.69) is 20.7 Å². The van der Waals surface area contributed by atoms with E-state index in [9.17, 15) is 31.5 Å². The molecule has 260 valence electrons. The number of carbonyl (C=O) groups is 2. The number of piperidine rings is 2. The van der Waals surface area contributed by atoms with E-state index in [0.29, 0.717) is 31.0 Å². The van der Waals surface area contributed by atoms with Crippen molar-refractivity contribution in [1.29, 1.82) is 0 Å². The SMILES string of the molecule is CC(C)n1nccc1C(=O)NC(c1cn2nc(CC3CC(C(F)(F)F)CNC3=O)c(N3CC4CC(C3)O4)nc2n1)C1CCCC(F)(F)C1. The Morgan fingerprint density at radius 3 is 2.62 bits per heavy atom. The van der Waals surface area contributed by atoms with Gasteiger partial charge in [-0.1, -0.05) is 0 Å². The molecular formula is C31H38F5N9O3. The molecule has 5 fully saturated rings. The standard InChI is InChI=1S/C31H38F5N9O3/c1-16(2)45-24(5-7-38-45)28(47)40-25(17-4-3-6-30(32,33)11-17)23-15-44-29(39-23)41-26(43-13-20-10-21(14-43)48-20)22(42-44)9-18-8-19(31(34,35)36)12-37-27(18)46/h5,7,15-21,25H,3-4,6,8-14H2,1-2H3,(H,37,46)(H,40,47).